The Bertz CT molecular complexity index is 913. The lowest BCUT2D eigenvalue weighted by atomic mass is 10.1. The smallest absolute Gasteiger partial charge is 0.225 e. The van der Waals surface area contributed by atoms with Gasteiger partial charge in [-0.25, -0.2) is 4.98 Å². The van der Waals surface area contributed by atoms with Crippen molar-refractivity contribution >= 4 is 28.5 Å². The van der Waals surface area contributed by atoms with Crippen molar-refractivity contribution in [3.63, 3.8) is 0 Å². The summed E-state index contributed by atoms with van der Waals surface area (Å²) in [4.78, 5) is 8.45. The molecule has 0 spiro atoms. The molecule has 2 heterocycles. The van der Waals surface area contributed by atoms with E-state index in [4.69, 9.17) is 21.6 Å². The number of hydrogen-bond donors (Lipinski definition) is 1. The zero-order valence-corrected chi connectivity index (χ0v) is 13.4. The first-order valence-corrected chi connectivity index (χ1v) is 7.31. The quantitative estimate of drug-likeness (QED) is 0.745. The van der Waals surface area contributed by atoms with Crippen molar-refractivity contribution in [2.45, 2.75) is 6.54 Å². The molecule has 116 valence electrons. The minimum Gasteiger partial charge on any atom is -0.496 e. The summed E-state index contributed by atoms with van der Waals surface area (Å²) in [6.45, 7) is 0.568. The molecule has 0 aliphatic carbocycles. The van der Waals surface area contributed by atoms with Crippen LogP contribution >= 0.6 is 11.6 Å². The molecule has 6 nitrogen and oxygen atoms in total. The number of ether oxygens (including phenoxy) is 1. The summed E-state index contributed by atoms with van der Waals surface area (Å²) in [5, 5.41) is 12.2. The Morgan fingerprint density at radius 1 is 1.35 bits per heavy atom. The minimum absolute atomic E-state index is 0.204. The Hall–Kier alpha value is -2.78. The number of methoxy groups -OCH3 is 1. The summed E-state index contributed by atoms with van der Waals surface area (Å²) in [5.41, 5.74) is 3.15. The van der Waals surface area contributed by atoms with E-state index in [1.807, 2.05) is 22.9 Å². The summed E-state index contributed by atoms with van der Waals surface area (Å²) >= 11 is 5.93. The molecule has 0 amide bonds. The van der Waals surface area contributed by atoms with Gasteiger partial charge in [-0.15, -0.1) is 0 Å². The van der Waals surface area contributed by atoms with Crippen LogP contribution in [-0.4, -0.2) is 28.7 Å². The van der Waals surface area contributed by atoms with Gasteiger partial charge in [0.2, 0.25) is 5.28 Å². The molecule has 0 saturated heterocycles. The second-order valence-electron chi connectivity index (χ2n) is 4.91. The zero-order valence-electron chi connectivity index (χ0n) is 12.7. The Morgan fingerprint density at radius 2 is 2.17 bits per heavy atom. The standard InChI is InChI=1S/C16H14ClN5O/c1-19-15-14-12(20-16(17)21-15)5-6-22(14)9-11-4-3-10(8-18)7-13(11)23-2/h3-7H,9H2,1-2H3,(H,19,20,21). The van der Waals surface area contributed by atoms with Gasteiger partial charge in [0, 0.05) is 18.8 Å². The van der Waals surface area contributed by atoms with Gasteiger partial charge in [0.1, 0.15) is 11.3 Å². The first-order valence-electron chi connectivity index (χ1n) is 6.93. The van der Waals surface area contributed by atoms with Crippen LogP contribution in [-0.2, 0) is 6.54 Å². The minimum atomic E-state index is 0.204. The average Bonchev–Trinajstić information content (AvgIpc) is 2.97. The van der Waals surface area contributed by atoms with E-state index < -0.39 is 0 Å². The van der Waals surface area contributed by atoms with Crippen LogP contribution in [0.2, 0.25) is 5.28 Å². The molecule has 0 radical (unpaired) electrons. The number of anilines is 1. The maximum Gasteiger partial charge on any atom is 0.225 e. The lowest BCUT2D eigenvalue weighted by Gasteiger charge is -2.12. The van der Waals surface area contributed by atoms with Crippen LogP contribution in [0.1, 0.15) is 11.1 Å². The highest BCUT2D eigenvalue weighted by atomic mass is 35.5. The first-order chi connectivity index (χ1) is 11.2. The Labute approximate surface area is 138 Å². The third-order valence-corrected chi connectivity index (χ3v) is 3.75. The average molecular weight is 328 g/mol. The van der Waals surface area contributed by atoms with Gasteiger partial charge in [0.25, 0.3) is 0 Å². The molecule has 23 heavy (non-hydrogen) atoms. The third-order valence-electron chi connectivity index (χ3n) is 3.58. The van der Waals surface area contributed by atoms with Crippen LogP contribution in [0.5, 0.6) is 5.75 Å². The van der Waals surface area contributed by atoms with E-state index in [1.165, 1.54) is 0 Å². The van der Waals surface area contributed by atoms with E-state index in [0.717, 1.165) is 16.6 Å². The number of nitrogens with zero attached hydrogens (tertiary/aromatic N) is 4. The number of nitriles is 1. The molecule has 1 aromatic carbocycles. The van der Waals surface area contributed by atoms with Crippen LogP contribution < -0.4 is 10.1 Å². The van der Waals surface area contributed by atoms with E-state index in [0.29, 0.717) is 23.7 Å². The second kappa shape index (κ2) is 6.15. The van der Waals surface area contributed by atoms with E-state index in [2.05, 4.69) is 21.4 Å². The Balaban J connectivity index is 2.08. The monoisotopic (exact) mass is 327 g/mol. The summed E-state index contributed by atoms with van der Waals surface area (Å²) in [6, 6.07) is 9.39. The Kier molecular flexibility index (Phi) is 4.04. The van der Waals surface area contributed by atoms with Crippen molar-refractivity contribution in [3.8, 4) is 11.8 Å². The van der Waals surface area contributed by atoms with Gasteiger partial charge in [-0.05, 0) is 29.8 Å². The van der Waals surface area contributed by atoms with Crippen LogP contribution in [0.4, 0.5) is 5.82 Å². The SMILES string of the molecule is CNc1nc(Cl)nc2ccn(Cc3ccc(C#N)cc3OC)c12. The molecular formula is C16H14ClN5O. The normalized spacial score (nSPS) is 10.5. The number of nitrogens with one attached hydrogen (secondary N) is 1. The molecule has 0 saturated carbocycles. The topological polar surface area (TPSA) is 75.8 Å². The van der Waals surface area contributed by atoms with Gasteiger partial charge in [-0.2, -0.15) is 10.2 Å². The number of benzene rings is 1. The maximum atomic E-state index is 8.99. The number of hydrogen-bond acceptors (Lipinski definition) is 5. The van der Waals surface area contributed by atoms with Gasteiger partial charge in [-0.1, -0.05) is 6.07 Å². The highest BCUT2D eigenvalue weighted by Gasteiger charge is 2.13. The van der Waals surface area contributed by atoms with Gasteiger partial charge in [0.15, 0.2) is 5.82 Å². The van der Waals surface area contributed by atoms with Crippen molar-refractivity contribution in [3.05, 3.63) is 46.9 Å². The molecule has 0 unspecified atom stereocenters. The fourth-order valence-electron chi connectivity index (χ4n) is 2.51. The summed E-state index contributed by atoms with van der Waals surface area (Å²) in [5.74, 6) is 1.34. The molecule has 2 aromatic heterocycles. The molecule has 3 aromatic rings. The van der Waals surface area contributed by atoms with E-state index >= 15 is 0 Å². The molecule has 3 rings (SSSR count). The molecule has 0 aliphatic heterocycles. The fourth-order valence-corrected chi connectivity index (χ4v) is 2.69. The summed E-state index contributed by atoms with van der Waals surface area (Å²) < 4.78 is 7.41. The molecule has 0 aliphatic rings. The number of aromatic nitrogens is 3. The number of rotatable bonds is 4. The number of halogens is 1. The fraction of sp³-hybridized carbons (Fsp3) is 0.188. The van der Waals surface area contributed by atoms with E-state index in [-0.39, 0.29) is 5.28 Å². The Morgan fingerprint density at radius 3 is 2.87 bits per heavy atom. The third kappa shape index (κ3) is 2.79. The number of fused-ring (bicyclic) bond motifs is 1. The molecule has 1 N–H and O–H groups in total. The van der Waals surface area contributed by atoms with Crippen molar-refractivity contribution < 1.29 is 4.74 Å². The molecular weight excluding hydrogens is 314 g/mol. The second-order valence-corrected chi connectivity index (χ2v) is 5.25. The van der Waals surface area contributed by atoms with Crippen molar-refractivity contribution in [2.75, 3.05) is 19.5 Å². The van der Waals surface area contributed by atoms with Crippen LogP contribution in [0.15, 0.2) is 30.5 Å². The lowest BCUT2D eigenvalue weighted by Crippen LogP contribution is -2.04. The zero-order chi connectivity index (χ0) is 16.4. The summed E-state index contributed by atoms with van der Waals surface area (Å²) in [7, 11) is 3.38. The molecule has 0 fully saturated rings. The van der Waals surface area contributed by atoms with Crippen LogP contribution in [0.25, 0.3) is 11.0 Å². The van der Waals surface area contributed by atoms with Gasteiger partial charge < -0.3 is 14.6 Å². The van der Waals surface area contributed by atoms with Crippen molar-refractivity contribution in [1.29, 1.82) is 5.26 Å². The molecule has 0 atom stereocenters. The van der Waals surface area contributed by atoms with E-state index in [9.17, 15) is 0 Å². The first kappa shape index (κ1) is 15.1. The van der Waals surface area contributed by atoms with Crippen LogP contribution in [0, 0.1) is 11.3 Å². The van der Waals surface area contributed by atoms with Gasteiger partial charge >= 0.3 is 0 Å². The van der Waals surface area contributed by atoms with Crippen LogP contribution in [0.3, 0.4) is 0 Å². The summed E-state index contributed by atoms with van der Waals surface area (Å²) in [6.07, 6.45) is 1.92. The largest absolute Gasteiger partial charge is 0.496 e. The van der Waals surface area contributed by atoms with E-state index in [1.54, 1.807) is 26.3 Å². The molecule has 7 heteroatoms. The van der Waals surface area contributed by atoms with Crippen molar-refractivity contribution in [2.24, 2.45) is 0 Å². The van der Waals surface area contributed by atoms with Gasteiger partial charge in [-0.3, -0.25) is 0 Å². The molecule has 0 bridgehead atoms. The predicted octanol–water partition coefficient (Wildman–Crippen LogP) is 3.05. The maximum absolute atomic E-state index is 8.99. The van der Waals surface area contributed by atoms with Gasteiger partial charge in [0.05, 0.1) is 30.8 Å². The highest BCUT2D eigenvalue weighted by molar-refractivity contribution is 6.28. The predicted molar refractivity (Wildman–Crippen MR) is 88.9 cm³/mol. The lowest BCUT2D eigenvalue weighted by molar-refractivity contribution is 0.408. The highest BCUT2D eigenvalue weighted by Crippen LogP contribution is 2.26. The van der Waals surface area contributed by atoms with Crippen molar-refractivity contribution in [1.82, 2.24) is 14.5 Å².